The fourth-order valence-electron chi connectivity index (χ4n) is 2.94. The van der Waals surface area contributed by atoms with Crippen LogP contribution < -0.4 is 14.8 Å². The first kappa shape index (κ1) is 22.3. The van der Waals surface area contributed by atoms with E-state index in [1.165, 1.54) is 19.2 Å². The minimum absolute atomic E-state index is 0.0607. The summed E-state index contributed by atoms with van der Waals surface area (Å²) in [5.74, 6) is 0.759. The number of carbonyl (C=O) groups is 1. The van der Waals surface area contributed by atoms with Crippen LogP contribution in [0.15, 0.2) is 83.8 Å². The zero-order chi connectivity index (χ0) is 22.3. The van der Waals surface area contributed by atoms with Crippen molar-refractivity contribution < 1.29 is 22.7 Å². The van der Waals surface area contributed by atoms with Crippen molar-refractivity contribution in [2.75, 3.05) is 26.1 Å². The van der Waals surface area contributed by atoms with E-state index in [9.17, 15) is 13.2 Å². The van der Waals surface area contributed by atoms with Crippen LogP contribution in [0.4, 0.5) is 5.69 Å². The number of rotatable bonds is 9. The minimum Gasteiger partial charge on any atom is -0.497 e. The lowest BCUT2D eigenvalue weighted by Crippen LogP contribution is -2.37. The second-order valence-electron chi connectivity index (χ2n) is 6.71. The first-order valence-electron chi connectivity index (χ1n) is 9.54. The van der Waals surface area contributed by atoms with E-state index < -0.39 is 15.9 Å². The summed E-state index contributed by atoms with van der Waals surface area (Å²) in [6, 6.07) is 22.0. The fourth-order valence-corrected chi connectivity index (χ4v) is 4.33. The van der Waals surface area contributed by atoms with Crippen molar-refractivity contribution in [1.82, 2.24) is 4.31 Å². The number of hydrogen-bond acceptors (Lipinski definition) is 5. The molecule has 0 saturated carbocycles. The molecule has 0 heterocycles. The Kier molecular flexibility index (Phi) is 7.28. The quantitative estimate of drug-likeness (QED) is 0.550. The number of nitrogens with one attached hydrogen (secondary N) is 1. The zero-order valence-corrected chi connectivity index (χ0v) is 18.1. The molecule has 0 aliphatic heterocycles. The highest BCUT2D eigenvalue weighted by atomic mass is 32.2. The normalized spacial score (nSPS) is 11.2. The molecular formula is C23H24N2O5S. The van der Waals surface area contributed by atoms with Gasteiger partial charge in [0.15, 0.2) is 0 Å². The number of carbonyl (C=O) groups excluding carboxylic acids is 1. The predicted octanol–water partition coefficient (Wildman–Crippen LogP) is 3.53. The van der Waals surface area contributed by atoms with Gasteiger partial charge in [0.05, 0.1) is 25.7 Å². The lowest BCUT2D eigenvalue weighted by atomic mass is 10.2. The van der Waals surface area contributed by atoms with E-state index in [1.807, 2.05) is 30.3 Å². The monoisotopic (exact) mass is 440 g/mol. The largest absolute Gasteiger partial charge is 0.497 e. The van der Waals surface area contributed by atoms with Gasteiger partial charge >= 0.3 is 0 Å². The molecule has 1 N–H and O–H groups in total. The van der Waals surface area contributed by atoms with Crippen LogP contribution in [0.25, 0.3) is 0 Å². The Labute approximate surface area is 182 Å². The molecule has 0 spiro atoms. The highest BCUT2D eigenvalue weighted by Gasteiger charge is 2.27. The highest BCUT2D eigenvalue weighted by molar-refractivity contribution is 7.89. The van der Waals surface area contributed by atoms with E-state index in [4.69, 9.17) is 9.47 Å². The first-order chi connectivity index (χ1) is 14.9. The number of anilines is 1. The summed E-state index contributed by atoms with van der Waals surface area (Å²) in [5.41, 5.74) is 1.32. The number of hydrogen-bond donors (Lipinski definition) is 1. The van der Waals surface area contributed by atoms with Crippen molar-refractivity contribution in [3.05, 3.63) is 84.4 Å². The predicted molar refractivity (Wildman–Crippen MR) is 119 cm³/mol. The molecule has 3 aromatic carbocycles. The van der Waals surface area contributed by atoms with Crippen molar-refractivity contribution in [1.29, 1.82) is 0 Å². The highest BCUT2D eigenvalue weighted by Crippen LogP contribution is 2.22. The maximum atomic E-state index is 13.3. The Balaban J connectivity index is 1.83. The average molecular weight is 441 g/mol. The third-order valence-electron chi connectivity index (χ3n) is 4.59. The smallest absolute Gasteiger partial charge is 0.243 e. The molecule has 3 rings (SSSR count). The fraction of sp³-hybridized carbons (Fsp3) is 0.174. The Morgan fingerprint density at radius 2 is 1.39 bits per heavy atom. The molecule has 0 aliphatic carbocycles. The van der Waals surface area contributed by atoms with Crippen molar-refractivity contribution in [3.8, 4) is 11.5 Å². The number of amides is 1. The average Bonchev–Trinajstić information content (AvgIpc) is 2.80. The molecule has 7 nitrogen and oxygen atoms in total. The van der Waals surface area contributed by atoms with Crippen LogP contribution in [0, 0.1) is 0 Å². The summed E-state index contributed by atoms with van der Waals surface area (Å²) in [6.45, 7) is -0.277. The van der Waals surface area contributed by atoms with Gasteiger partial charge < -0.3 is 14.8 Å². The van der Waals surface area contributed by atoms with E-state index in [-0.39, 0.29) is 18.0 Å². The van der Waals surface area contributed by atoms with Gasteiger partial charge in [-0.1, -0.05) is 30.3 Å². The molecule has 0 unspecified atom stereocenters. The molecule has 8 heteroatoms. The molecule has 0 bridgehead atoms. The second-order valence-corrected chi connectivity index (χ2v) is 8.65. The Morgan fingerprint density at radius 3 is 1.94 bits per heavy atom. The molecule has 0 radical (unpaired) electrons. The molecule has 0 aliphatic rings. The van der Waals surface area contributed by atoms with Gasteiger partial charge in [0.25, 0.3) is 0 Å². The second kappa shape index (κ2) is 10.1. The SMILES string of the molecule is COc1ccc(NC(=O)CN(Cc2ccccc2)S(=O)(=O)c2ccc(OC)cc2)cc1. The minimum atomic E-state index is -3.93. The summed E-state index contributed by atoms with van der Waals surface area (Å²) in [5, 5.41) is 2.73. The van der Waals surface area contributed by atoms with E-state index in [2.05, 4.69) is 5.32 Å². The van der Waals surface area contributed by atoms with E-state index in [0.29, 0.717) is 17.2 Å². The Morgan fingerprint density at radius 1 is 0.839 bits per heavy atom. The molecule has 0 fully saturated rings. The summed E-state index contributed by atoms with van der Waals surface area (Å²) in [7, 11) is -0.862. The summed E-state index contributed by atoms with van der Waals surface area (Å²) in [6.07, 6.45) is 0. The number of sulfonamides is 1. The number of ether oxygens (including phenoxy) is 2. The molecule has 0 atom stereocenters. The maximum Gasteiger partial charge on any atom is 0.243 e. The Hall–Kier alpha value is -3.36. The summed E-state index contributed by atoms with van der Waals surface area (Å²) >= 11 is 0. The third kappa shape index (κ3) is 5.84. The Bertz CT molecular complexity index is 1100. The molecular weight excluding hydrogens is 416 g/mol. The molecule has 31 heavy (non-hydrogen) atoms. The topological polar surface area (TPSA) is 84.9 Å². The zero-order valence-electron chi connectivity index (χ0n) is 17.3. The van der Waals surface area contributed by atoms with Gasteiger partial charge in [0.1, 0.15) is 11.5 Å². The number of benzene rings is 3. The maximum absolute atomic E-state index is 13.3. The van der Waals surface area contributed by atoms with Crippen molar-refractivity contribution in [2.24, 2.45) is 0 Å². The van der Waals surface area contributed by atoms with Crippen LogP contribution >= 0.6 is 0 Å². The number of nitrogens with zero attached hydrogens (tertiary/aromatic N) is 1. The third-order valence-corrected chi connectivity index (χ3v) is 6.40. The van der Waals surface area contributed by atoms with Gasteiger partial charge in [-0.25, -0.2) is 8.42 Å². The molecule has 162 valence electrons. The summed E-state index contributed by atoms with van der Waals surface area (Å²) < 4.78 is 38.0. The van der Waals surface area contributed by atoms with Crippen molar-refractivity contribution in [3.63, 3.8) is 0 Å². The van der Waals surface area contributed by atoms with Gasteiger partial charge in [-0.3, -0.25) is 4.79 Å². The lowest BCUT2D eigenvalue weighted by Gasteiger charge is -2.22. The van der Waals surface area contributed by atoms with Gasteiger partial charge in [0, 0.05) is 12.2 Å². The standard InChI is InChI=1S/C23H24N2O5S/c1-29-20-10-8-19(9-11-20)24-23(26)17-25(16-18-6-4-3-5-7-18)31(27,28)22-14-12-21(30-2)13-15-22/h3-15H,16-17H2,1-2H3,(H,24,26). The van der Waals surface area contributed by atoms with Crippen molar-refractivity contribution >= 4 is 21.6 Å². The van der Waals surface area contributed by atoms with E-state index in [1.54, 1.807) is 43.5 Å². The number of methoxy groups -OCH3 is 2. The van der Waals surface area contributed by atoms with Gasteiger partial charge in [-0.05, 0) is 54.1 Å². The lowest BCUT2D eigenvalue weighted by molar-refractivity contribution is -0.116. The van der Waals surface area contributed by atoms with Crippen molar-refractivity contribution in [2.45, 2.75) is 11.4 Å². The van der Waals surface area contributed by atoms with Crippen LogP contribution in [0.3, 0.4) is 0 Å². The van der Waals surface area contributed by atoms with Crippen LogP contribution in [-0.2, 0) is 21.4 Å². The van der Waals surface area contributed by atoms with E-state index in [0.717, 1.165) is 9.87 Å². The van der Waals surface area contributed by atoms with Crippen LogP contribution in [0.5, 0.6) is 11.5 Å². The van der Waals surface area contributed by atoms with Gasteiger partial charge in [-0.2, -0.15) is 4.31 Å². The molecule has 3 aromatic rings. The van der Waals surface area contributed by atoms with Crippen LogP contribution in [0.1, 0.15) is 5.56 Å². The van der Waals surface area contributed by atoms with Gasteiger partial charge in [0.2, 0.25) is 15.9 Å². The van der Waals surface area contributed by atoms with Gasteiger partial charge in [-0.15, -0.1) is 0 Å². The summed E-state index contributed by atoms with van der Waals surface area (Å²) in [4.78, 5) is 12.8. The van der Waals surface area contributed by atoms with Crippen LogP contribution in [-0.4, -0.2) is 39.4 Å². The van der Waals surface area contributed by atoms with Crippen LogP contribution in [0.2, 0.25) is 0 Å². The first-order valence-corrected chi connectivity index (χ1v) is 11.0. The van der Waals surface area contributed by atoms with E-state index >= 15 is 0 Å². The molecule has 0 aromatic heterocycles. The molecule has 0 saturated heterocycles. The molecule has 1 amide bonds.